The predicted molar refractivity (Wildman–Crippen MR) is 97.2 cm³/mol. The van der Waals surface area contributed by atoms with Gasteiger partial charge in [-0.2, -0.15) is 0 Å². The van der Waals surface area contributed by atoms with Crippen molar-refractivity contribution in [3.8, 4) is 0 Å². The van der Waals surface area contributed by atoms with Gasteiger partial charge in [0.15, 0.2) is 0 Å². The van der Waals surface area contributed by atoms with Gasteiger partial charge in [0.25, 0.3) is 0 Å². The van der Waals surface area contributed by atoms with Crippen LogP contribution in [0.25, 0.3) is 0 Å². The Kier molecular flexibility index (Phi) is 5.63. The molecule has 1 saturated heterocycles. The average Bonchev–Trinajstić information content (AvgIpc) is 2.57. The second-order valence-electron chi connectivity index (χ2n) is 6.17. The molecule has 1 fully saturated rings. The van der Waals surface area contributed by atoms with Crippen molar-refractivity contribution in [2.24, 2.45) is 5.92 Å². The molecule has 1 aliphatic heterocycles. The number of hydrogen-bond donors (Lipinski definition) is 1. The molecule has 0 bridgehead atoms. The van der Waals surface area contributed by atoms with Crippen molar-refractivity contribution >= 4 is 27.5 Å². The van der Waals surface area contributed by atoms with Crippen molar-refractivity contribution in [1.82, 2.24) is 4.90 Å². The van der Waals surface area contributed by atoms with Crippen LogP contribution in [0.3, 0.4) is 0 Å². The van der Waals surface area contributed by atoms with Crippen LogP contribution in [0.4, 0.5) is 10.1 Å². The predicted octanol–water partition coefficient (Wildman–Crippen LogP) is 4.44. The van der Waals surface area contributed by atoms with E-state index in [0.29, 0.717) is 6.54 Å². The van der Waals surface area contributed by atoms with Crippen LogP contribution in [0.2, 0.25) is 0 Å². The minimum atomic E-state index is -0.396. The molecule has 2 aromatic carbocycles. The van der Waals surface area contributed by atoms with E-state index in [9.17, 15) is 9.18 Å². The summed E-state index contributed by atoms with van der Waals surface area (Å²) in [5, 5.41) is 2.73. The second kappa shape index (κ2) is 7.90. The van der Waals surface area contributed by atoms with Gasteiger partial charge in [-0.25, -0.2) is 4.39 Å². The highest BCUT2D eigenvalue weighted by atomic mass is 79.9. The summed E-state index contributed by atoms with van der Waals surface area (Å²) < 4.78 is 14.8. The number of amides is 1. The number of carbonyl (C=O) groups is 1. The number of halogens is 2. The molecule has 3 rings (SSSR count). The van der Waals surface area contributed by atoms with E-state index in [-0.39, 0.29) is 17.5 Å². The highest BCUT2D eigenvalue weighted by molar-refractivity contribution is 9.10. The fraction of sp³-hybridized carbons (Fsp3) is 0.316. The number of rotatable bonds is 4. The molecule has 1 aliphatic rings. The standard InChI is InChI=1S/C19H20BrFN2O/c20-16-7-3-5-14(11-16)12-23-10-4-6-15(13-23)19(24)22-18-9-2-1-8-17(18)21/h1-3,5,7-9,11,15H,4,6,10,12-13H2,(H,22,24). The van der Waals surface area contributed by atoms with Crippen LogP contribution in [0.1, 0.15) is 18.4 Å². The van der Waals surface area contributed by atoms with Gasteiger partial charge in [0, 0.05) is 17.6 Å². The first-order valence-electron chi connectivity index (χ1n) is 8.14. The molecule has 1 N–H and O–H groups in total. The summed E-state index contributed by atoms with van der Waals surface area (Å²) in [6.07, 6.45) is 1.82. The maximum atomic E-state index is 13.7. The monoisotopic (exact) mass is 390 g/mol. The van der Waals surface area contributed by atoms with Gasteiger partial charge < -0.3 is 5.32 Å². The Hall–Kier alpha value is -1.72. The van der Waals surface area contributed by atoms with E-state index in [2.05, 4.69) is 38.3 Å². The quantitative estimate of drug-likeness (QED) is 0.836. The van der Waals surface area contributed by atoms with Crippen LogP contribution < -0.4 is 5.32 Å². The third-order valence-electron chi connectivity index (χ3n) is 4.30. The molecule has 1 heterocycles. The van der Waals surface area contributed by atoms with E-state index >= 15 is 0 Å². The molecule has 126 valence electrons. The number of nitrogens with zero attached hydrogens (tertiary/aromatic N) is 1. The fourth-order valence-corrected chi connectivity index (χ4v) is 3.55. The number of para-hydroxylation sites is 1. The first-order valence-corrected chi connectivity index (χ1v) is 8.93. The Morgan fingerprint density at radius 1 is 1.25 bits per heavy atom. The lowest BCUT2D eigenvalue weighted by atomic mass is 9.96. The zero-order chi connectivity index (χ0) is 16.9. The number of hydrogen-bond acceptors (Lipinski definition) is 2. The summed E-state index contributed by atoms with van der Waals surface area (Å²) in [5.41, 5.74) is 1.48. The maximum Gasteiger partial charge on any atom is 0.228 e. The summed E-state index contributed by atoms with van der Waals surface area (Å²) in [6.45, 7) is 2.51. The van der Waals surface area contributed by atoms with Gasteiger partial charge in [-0.15, -0.1) is 0 Å². The van der Waals surface area contributed by atoms with E-state index in [1.807, 2.05) is 12.1 Å². The average molecular weight is 391 g/mol. The molecule has 0 aliphatic carbocycles. The number of nitrogens with one attached hydrogen (secondary N) is 1. The van der Waals surface area contributed by atoms with Crippen molar-refractivity contribution in [3.63, 3.8) is 0 Å². The molecule has 3 nitrogen and oxygen atoms in total. The number of benzene rings is 2. The molecule has 0 radical (unpaired) electrons. The SMILES string of the molecule is O=C(Nc1ccccc1F)C1CCCN(Cc2cccc(Br)c2)C1. The number of anilines is 1. The molecule has 1 amide bonds. The minimum absolute atomic E-state index is 0.0981. The first kappa shape index (κ1) is 17.1. The zero-order valence-corrected chi connectivity index (χ0v) is 14.9. The number of carbonyl (C=O) groups excluding carboxylic acids is 1. The molecule has 0 aromatic heterocycles. The van der Waals surface area contributed by atoms with Crippen molar-refractivity contribution < 1.29 is 9.18 Å². The van der Waals surface area contributed by atoms with Gasteiger partial charge in [-0.1, -0.05) is 40.2 Å². The molecule has 5 heteroatoms. The van der Waals surface area contributed by atoms with E-state index in [1.165, 1.54) is 11.6 Å². The molecule has 0 saturated carbocycles. The van der Waals surface area contributed by atoms with Crippen LogP contribution in [0.15, 0.2) is 53.0 Å². The van der Waals surface area contributed by atoms with Crippen molar-refractivity contribution in [3.05, 3.63) is 64.4 Å². The lowest BCUT2D eigenvalue weighted by Gasteiger charge is -2.32. The maximum absolute atomic E-state index is 13.7. The zero-order valence-electron chi connectivity index (χ0n) is 13.3. The normalized spacial score (nSPS) is 18.3. The fourth-order valence-electron chi connectivity index (χ4n) is 3.10. The van der Waals surface area contributed by atoms with Crippen LogP contribution in [-0.4, -0.2) is 23.9 Å². The smallest absolute Gasteiger partial charge is 0.228 e. The Balaban J connectivity index is 1.60. The van der Waals surface area contributed by atoms with Gasteiger partial charge >= 0.3 is 0 Å². The van der Waals surface area contributed by atoms with E-state index in [0.717, 1.165) is 30.4 Å². The van der Waals surface area contributed by atoms with Crippen molar-refractivity contribution in [2.45, 2.75) is 19.4 Å². The second-order valence-corrected chi connectivity index (χ2v) is 7.09. The van der Waals surface area contributed by atoms with Crippen LogP contribution >= 0.6 is 15.9 Å². The molecular weight excluding hydrogens is 371 g/mol. The summed E-state index contributed by atoms with van der Waals surface area (Å²) in [7, 11) is 0. The van der Waals surface area contributed by atoms with Crippen LogP contribution in [-0.2, 0) is 11.3 Å². The number of piperidine rings is 1. The van der Waals surface area contributed by atoms with Crippen LogP contribution in [0, 0.1) is 11.7 Å². The molecule has 24 heavy (non-hydrogen) atoms. The first-order chi connectivity index (χ1) is 11.6. The third kappa shape index (κ3) is 4.42. The Bertz CT molecular complexity index is 722. The summed E-state index contributed by atoms with van der Waals surface area (Å²) in [5.74, 6) is -0.600. The largest absolute Gasteiger partial charge is 0.323 e. The lowest BCUT2D eigenvalue weighted by Crippen LogP contribution is -2.40. The minimum Gasteiger partial charge on any atom is -0.323 e. The van der Waals surface area contributed by atoms with Crippen LogP contribution in [0.5, 0.6) is 0 Å². The third-order valence-corrected chi connectivity index (χ3v) is 4.80. The Labute approximate surface area is 150 Å². The summed E-state index contributed by atoms with van der Waals surface area (Å²) >= 11 is 3.49. The Morgan fingerprint density at radius 3 is 2.88 bits per heavy atom. The number of likely N-dealkylation sites (tertiary alicyclic amines) is 1. The molecule has 0 spiro atoms. The molecular formula is C19H20BrFN2O. The van der Waals surface area contributed by atoms with Gasteiger partial charge in [-0.3, -0.25) is 9.69 Å². The van der Waals surface area contributed by atoms with E-state index < -0.39 is 5.82 Å². The van der Waals surface area contributed by atoms with Gasteiger partial charge in [0.05, 0.1) is 11.6 Å². The molecule has 1 unspecified atom stereocenters. The summed E-state index contributed by atoms with van der Waals surface area (Å²) in [4.78, 5) is 14.7. The van der Waals surface area contributed by atoms with Crippen molar-refractivity contribution in [1.29, 1.82) is 0 Å². The highest BCUT2D eigenvalue weighted by Crippen LogP contribution is 2.22. The highest BCUT2D eigenvalue weighted by Gasteiger charge is 2.26. The van der Waals surface area contributed by atoms with E-state index in [4.69, 9.17) is 0 Å². The van der Waals surface area contributed by atoms with Crippen molar-refractivity contribution in [2.75, 3.05) is 18.4 Å². The van der Waals surface area contributed by atoms with E-state index in [1.54, 1.807) is 18.2 Å². The van der Waals surface area contributed by atoms with Gasteiger partial charge in [0.1, 0.15) is 5.82 Å². The van der Waals surface area contributed by atoms with Gasteiger partial charge in [-0.05, 0) is 49.2 Å². The topological polar surface area (TPSA) is 32.3 Å². The molecule has 2 aromatic rings. The Morgan fingerprint density at radius 2 is 2.08 bits per heavy atom. The lowest BCUT2D eigenvalue weighted by molar-refractivity contribution is -0.121. The summed E-state index contributed by atoms with van der Waals surface area (Å²) in [6, 6.07) is 14.5. The van der Waals surface area contributed by atoms with Gasteiger partial charge in [0.2, 0.25) is 5.91 Å². The molecule has 1 atom stereocenters.